The number of aromatic nitrogens is 3. The largest absolute Gasteiger partial charge is 0.343 e. The number of nitrogens with zero attached hydrogens (tertiary/aromatic N) is 4. The molecule has 2 aliphatic carbocycles. The summed E-state index contributed by atoms with van der Waals surface area (Å²) in [7, 11) is 3.64. The molecule has 0 bridgehead atoms. The average Bonchev–Trinajstić information content (AvgIpc) is 3.48. The van der Waals surface area contributed by atoms with E-state index in [-0.39, 0.29) is 5.91 Å². The predicted molar refractivity (Wildman–Crippen MR) is 137 cm³/mol. The Hall–Kier alpha value is -2.51. The molecule has 7 heteroatoms. The fraction of sp³-hybridized carbons (Fsp3) is 0.519. The Morgan fingerprint density at radius 1 is 1.15 bits per heavy atom. The molecule has 2 heterocycles. The maximum atomic E-state index is 13.0. The van der Waals surface area contributed by atoms with Crippen LogP contribution in [0.4, 0.5) is 0 Å². The van der Waals surface area contributed by atoms with Crippen LogP contribution in [-0.2, 0) is 25.9 Å². The topological polar surface area (TPSA) is 63.1 Å². The third-order valence-electron chi connectivity index (χ3n) is 7.27. The molecule has 0 spiro atoms. The Morgan fingerprint density at radius 3 is 2.71 bits per heavy atom. The van der Waals surface area contributed by atoms with Gasteiger partial charge in [-0.05, 0) is 38.0 Å². The molecule has 1 amide bonds. The van der Waals surface area contributed by atoms with Gasteiger partial charge < -0.3 is 10.2 Å². The molecule has 6 nitrogen and oxygen atoms in total. The van der Waals surface area contributed by atoms with E-state index in [1.165, 1.54) is 37.8 Å². The van der Waals surface area contributed by atoms with Crippen molar-refractivity contribution in [2.45, 2.75) is 70.5 Å². The van der Waals surface area contributed by atoms with Crippen LogP contribution < -0.4 is 5.32 Å². The summed E-state index contributed by atoms with van der Waals surface area (Å²) in [5, 5.41) is 11.8. The van der Waals surface area contributed by atoms with E-state index < -0.39 is 0 Å². The molecular weight excluding hydrogens is 442 g/mol. The van der Waals surface area contributed by atoms with Crippen molar-refractivity contribution in [3.05, 3.63) is 57.7 Å². The molecule has 1 unspecified atom stereocenters. The number of thiazole rings is 1. The SMILES string of the molecule is CN(C)C(=O)c1nn(CC2CCCCC2)c2c1CC(NCc1nc(-c3ccccc3)cs1)CC2. The van der Waals surface area contributed by atoms with Crippen LogP contribution in [0.2, 0.25) is 0 Å². The molecule has 2 aromatic heterocycles. The lowest BCUT2D eigenvalue weighted by atomic mass is 9.88. The van der Waals surface area contributed by atoms with E-state index in [0.717, 1.165) is 54.2 Å². The number of hydrogen-bond donors (Lipinski definition) is 1. The molecule has 0 saturated heterocycles. The Morgan fingerprint density at radius 2 is 1.94 bits per heavy atom. The minimum Gasteiger partial charge on any atom is -0.343 e. The minimum atomic E-state index is 0.0201. The second-order valence-corrected chi connectivity index (χ2v) is 10.9. The van der Waals surface area contributed by atoms with Crippen molar-refractivity contribution >= 4 is 17.2 Å². The summed E-state index contributed by atoms with van der Waals surface area (Å²) in [5.74, 6) is 0.714. The molecule has 34 heavy (non-hydrogen) atoms. The van der Waals surface area contributed by atoms with Crippen LogP contribution in [0.5, 0.6) is 0 Å². The van der Waals surface area contributed by atoms with E-state index in [9.17, 15) is 4.79 Å². The summed E-state index contributed by atoms with van der Waals surface area (Å²) in [4.78, 5) is 19.5. The van der Waals surface area contributed by atoms with Gasteiger partial charge in [0.25, 0.3) is 5.91 Å². The Labute approximate surface area is 206 Å². The van der Waals surface area contributed by atoms with Crippen LogP contribution in [0.25, 0.3) is 11.3 Å². The summed E-state index contributed by atoms with van der Waals surface area (Å²) >= 11 is 1.70. The standard InChI is InChI=1S/C27H35N5OS/c1-31(2)27(33)26-22-15-21(13-14-24(22)32(30-26)17-19-9-5-3-6-10-19)28-16-25-29-23(18-34-25)20-11-7-4-8-12-20/h4,7-8,11-12,18-19,21,28H,3,5-6,9-10,13-17H2,1-2H3. The van der Waals surface area contributed by atoms with Crippen molar-refractivity contribution in [1.29, 1.82) is 0 Å². The highest BCUT2D eigenvalue weighted by Gasteiger charge is 2.30. The van der Waals surface area contributed by atoms with Crippen molar-refractivity contribution in [3.8, 4) is 11.3 Å². The maximum Gasteiger partial charge on any atom is 0.274 e. The molecule has 5 rings (SSSR count). The molecule has 180 valence electrons. The van der Waals surface area contributed by atoms with Gasteiger partial charge >= 0.3 is 0 Å². The van der Waals surface area contributed by atoms with Crippen LogP contribution in [-0.4, -0.2) is 45.7 Å². The number of carbonyl (C=O) groups is 1. The van der Waals surface area contributed by atoms with E-state index in [1.807, 2.05) is 32.3 Å². The maximum absolute atomic E-state index is 13.0. The fourth-order valence-electron chi connectivity index (χ4n) is 5.38. The lowest BCUT2D eigenvalue weighted by Gasteiger charge is -2.26. The van der Waals surface area contributed by atoms with Gasteiger partial charge in [0, 0.05) is 55.4 Å². The molecular formula is C27H35N5OS. The normalized spacial score (nSPS) is 18.6. The highest BCUT2D eigenvalue weighted by Crippen LogP contribution is 2.30. The van der Waals surface area contributed by atoms with Crippen LogP contribution in [0.15, 0.2) is 35.7 Å². The minimum absolute atomic E-state index is 0.0201. The second-order valence-electron chi connectivity index (χ2n) is 9.97. The van der Waals surface area contributed by atoms with E-state index >= 15 is 0 Å². The van der Waals surface area contributed by atoms with E-state index in [0.29, 0.717) is 17.7 Å². The molecule has 1 aromatic carbocycles. The molecule has 1 N–H and O–H groups in total. The zero-order valence-electron chi connectivity index (χ0n) is 20.3. The van der Waals surface area contributed by atoms with E-state index in [2.05, 4.69) is 27.5 Å². The number of benzene rings is 1. The van der Waals surface area contributed by atoms with Gasteiger partial charge in [-0.1, -0.05) is 49.6 Å². The number of nitrogens with one attached hydrogen (secondary N) is 1. The summed E-state index contributed by atoms with van der Waals surface area (Å²) < 4.78 is 2.19. The number of rotatable bonds is 7. The predicted octanol–water partition coefficient (Wildman–Crippen LogP) is 4.94. The fourth-order valence-corrected chi connectivity index (χ4v) is 6.13. The Bertz CT molecular complexity index is 1110. The first-order valence-electron chi connectivity index (χ1n) is 12.6. The van der Waals surface area contributed by atoms with Gasteiger partial charge in [-0.25, -0.2) is 4.98 Å². The van der Waals surface area contributed by atoms with Crippen LogP contribution in [0.3, 0.4) is 0 Å². The first-order chi connectivity index (χ1) is 16.6. The lowest BCUT2D eigenvalue weighted by molar-refractivity contribution is 0.0819. The third-order valence-corrected chi connectivity index (χ3v) is 8.12. The smallest absolute Gasteiger partial charge is 0.274 e. The molecule has 0 radical (unpaired) electrons. The summed E-state index contributed by atoms with van der Waals surface area (Å²) in [6.45, 7) is 1.72. The van der Waals surface area contributed by atoms with E-state index in [1.54, 1.807) is 16.2 Å². The number of hydrogen-bond acceptors (Lipinski definition) is 5. The molecule has 3 aromatic rings. The zero-order valence-corrected chi connectivity index (χ0v) is 21.1. The Kier molecular flexibility index (Phi) is 7.11. The average molecular weight is 478 g/mol. The quantitative estimate of drug-likeness (QED) is 0.524. The van der Waals surface area contributed by atoms with Crippen LogP contribution >= 0.6 is 11.3 Å². The van der Waals surface area contributed by atoms with Crippen molar-refractivity contribution in [2.75, 3.05) is 14.1 Å². The zero-order chi connectivity index (χ0) is 23.5. The first-order valence-corrected chi connectivity index (χ1v) is 13.5. The van der Waals surface area contributed by atoms with E-state index in [4.69, 9.17) is 10.1 Å². The second kappa shape index (κ2) is 10.4. The molecule has 1 saturated carbocycles. The van der Waals surface area contributed by atoms with Crippen molar-refractivity contribution in [1.82, 2.24) is 25.0 Å². The van der Waals surface area contributed by atoms with Crippen LogP contribution in [0, 0.1) is 5.92 Å². The number of fused-ring (bicyclic) bond motifs is 1. The highest BCUT2D eigenvalue weighted by atomic mass is 32.1. The lowest BCUT2D eigenvalue weighted by Crippen LogP contribution is -2.35. The summed E-state index contributed by atoms with van der Waals surface area (Å²) in [6.07, 6.45) is 9.47. The van der Waals surface area contributed by atoms with Gasteiger partial charge in [-0.15, -0.1) is 11.3 Å². The van der Waals surface area contributed by atoms with Gasteiger partial charge in [0.05, 0.1) is 5.69 Å². The van der Waals surface area contributed by atoms with Gasteiger partial charge in [0.15, 0.2) is 5.69 Å². The molecule has 1 fully saturated rings. The summed E-state index contributed by atoms with van der Waals surface area (Å²) in [6, 6.07) is 10.7. The molecule has 1 atom stereocenters. The van der Waals surface area contributed by atoms with Gasteiger partial charge in [-0.3, -0.25) is 9.48 Å². The van der Waals surface area contributed by atoms with Gasteiger partial charge in [0.2, 0.25) is 0 Å². The van der Waals surface area contributed by atoms with Crippen molar-refractivity contribution < 1.29 is 4.79 Å². The van der Waals surface area contributed by atoms with Crippen LogP contribution in [0.1, 0.15) is 65.3 Å². The molecule has 0 aliphatic heterocycles. The highest BCUT2D eigenvalue weighted by molar-refractivity contribution is 7.09. The Balaban J connectivity index is 1.28. The van der Waals surface area contributed by atoms with Crippen molar-refractivity contribution in [2.24, 2.45) is 5.92 Å². The monoisotopic (exact) mass is 477 g/mol. The van der Waals surface area contributed by atoms with Gasteiger partial charge in [0.1, 0.15) is 5.01 Å². The third kappa shape index (κ3) is 5.10. The number of carbonyl (C=O) groups excluding carboxylic acids is 1. The molecule has 2 aliphatic rings. The first kappa shape index (κ1) is 23.2. The summed E-state index contributed by atoms with van der Waals surface area (Å²) in [5.41, 5.74) is 5.29. The van der Waals surface area contributed by atoms with Gasteiger partial charge in [-0.2, -0.15) is 5.10 Å². The van der Waals surface area contributed by atoms with Crippen molar-refractivity contribution in [3.63, 3.8) is 0 Å². The number of amides is 1.